The minimum absolute atomic E-state index is 0.158. The molecule has 0 radical (unpaired) electrons. The second-order valence-electron chi connectivity index (χ2n) is 4.38. The van der Waals surface area contributed by atoms with E-state index in [1.165, 1.54) is 0 Å². The normalized spacial score (nSPS) is 12.0. The Morgan fingerprint density at radius 2 is 1.90 bits per heavy atom. The number of hydrogen-bond acceptors (Lipinski definition) is 2. The van der Waals surface area contributed by atoms with Crippen molar-refractivity contribution in [1.29, 1.82) is 0 Å². The molecule has 0 saturated heterocycles. The van der Waals surface area contributed by atoms with Gasteiger partial charge in [0, 0.05) is 11.0 Å². The molecule has 7 heteroatoms. The summed E-state index contributed by atoms with van der Waals surface area (Å²) in [6.45, 7) is 1.71. The average Bonchev–Trinajstić information content (AvgIpc) is 2.32. The van der Waals surface area contributed by atoms with Crippen molar-refractivity contribution < 1.29 is 23.5 Å². The van der Waals surface area contributed by atoms with Crippen LogP contribution in [0.3, 0.4) is 0 Å². The van der Waals surface area contributed by atoms with Gasteiger partial charge in [-0.05, 0) is 25.0 Å². The number of benzene rings is 1. The summed E-state index contributed by atoms with van der Waals surface area (Å²) in [5, 5.41) is 11.0. The van der Waals surface area contributed by atoms with E-state index in [2.05, 4.69) is 21.2 Å². The summed E-state index contributed by atoms with van der Waals surface area (Å²) in [4.78, 5) is 22.2. The maximum Gasteiger partial charge on any atom is 0.306 e. The van der Waals surface area contributed by atoms with E-state index in [1.54, 1.807) is 6.92 Å². The Bertz CT molecular complexity index is 499. The lowest BCUT2D eigenvalue weighted by atomic mass is 10.1. The summed E-state index contributed by atoms with van der Waals surface area (Å²) in [7, 11) is 0. The van der Waals surface area contributed by atoms with Crippen LogP contribution < -0.4 is 5.32 Å². The molecule has 0 spiro atoms. The Labute approximate surface area is 123 Å². The topological polar surface area (TPSA) is 66.4 Å². The lowest BCUT2D eigenvalue weighted by Crippen LogP contribution is -2.27. The number of aliphatic carboxylic acids is 1. The number of carbonyl (C=O) groups excluding carboxylic acids is 1. The fourth-order valence-corrected chi connectivity index (χ4v) is 1.98. The smallest absolute Gasteiger partial charge is 0.306 e. The van der Waals surface area contributed by atoms with E-state index in [1.807, 2.05) is 0 Å². The fourth-order valence-electron chi connectivity index (χ4n) is 1.58. The molecule has 1 aromatic carbocycles. The summed E-state index contributed by atoms with van der Waals surface area (Å²) >= 11 is 2.92. The average molecular weight is 350 g/mol. The third-order valence-electron chi connectivity index (χ3n) is 2.75. The third kappa shape index (κ3) is 4.56. The van der Waals surface area contributed by atoms with Crippen LogP contribution in [0.2, 0.25) is 0 Å². The van der Waals surface area contributed by atoms with Crippen molar-refractivity contribution in [2.24, 2.45) is 5.92 Å². The molecule has 0 heterocycles. The van der Waals surface area contributed by atoms with Gasteiger partial charge in [-0.2, -0.15) is 0 Å². The highest BCUT2D eigenvalue weighted by molar-refractivity contribution is 9.10. The molecule has 1 unspecified atom stereocenters. The van der Waals surface area contributed by atoms with Crippen LogP contribution in [0, 0.1) is 17.6 Å². The quantitative estimate of drug-likeness (QED) is 0.776. The lowest BCUT2D eigenvalue weighted by molar-refractivity contribution is -0.141. The lowest BCUT2D eigenvalue weighted by Gasteiger charge is -2.09. The van der Waals surface area contributed by atoms with Crippen molar-refractivity contribution in [3.8, 4) is 0 Å². The largest absolute Gasteiger partial charge is 0.481 e. The molecule has 0 bridgehead atoms. The summed E-state index contributed by atoms with van der Waals surface area (Å²) in [5.41, 5.74) is -0.639. The van der Waals surface area contributed by atoms with Crippen molar-refractivity contribution in [3.05, 3.63) is 33.8 Å². The van der Waals surface area contributed by atoms with Crippen molar-refractivity contribution in [1.82, 2.24) is 5.32 Å². The molecule has 1 aromatic rings. The molecule has 4 nitrogen and oxygen atoms in total. The Balaban J connectivity index is 2.54. The van der Waals surface area contributed by atoms with Gasteiger partial charge in [0.25, 0.3) is 5.91 Å². The van der Waals surface area contributed by atoms with Crippen molar-refractivity contribution >= 4 is 27.8 Å². The number of amides is 1. The van der Waals surface area contributed by atoms with Crippen molar-refractivity contribution in [2.75, 3.05) is 6.54 Å². The van der Waals surface area contributed by atoms with Crippen LogP contribution in [-0.4, -0.2) is 23.5 Å². The first-order valence-electron chi connectivity index (χ1n) is 5.98. The highest BCUT2D eigenvalue weighted by Crippen LogP contribution is 2.19. The Kier molecular flexibility index (Phi) is 6.06. The van der Waals surface area contributed by atoms with Crippen LogP contribution in [0.1, 0.15) is 30.1 Å². The minimum Gasteiger partial charge on any atom is -0.481 e. The molecule has 1 rings (SSSR count). The summed E-state index contributed by atoms with van der Waals surface area (Å²) in [6.07, 6.45) is 0.792. The van der Waals surface area contributed by atoms with Gasteiger partial charge in [-0.3, -0.25) is 9.59 Å². The molecule has 0 saturated carbocycles. The second-order valence-corrected chi connectivity index (χ2v) is 5.30. The first kappa shape index (κ1) is 16.6. The van der Waals surface area contributed by atoms with Gasteiger partial charge < -0.3 is 10.4 Å². The van der Waals surface area contributed by atoms with E-state index in [4.69, 9.17) is 5.11 Å². The van der Waals surface area contributed by atoms with Crippen LogP contribution in [0.25, 0.3) is 0 Å². The van der Waals surface area contributed by atoms with Crippen LogP contribution in [0.15, 0.2) is 16.6 Å². The van der Waals surface area contributed by atoms with E-state index < -0.39 is 35.0 Å². The zero-order valence-electron chi connectivity index (χ0n) is 10.8. The Hall–Kier alpha value is -1.50. The standard InChI is InChI=1S/C13H14BrF2NO3/c1-7(13(19)20)3-2-4-17-12(18)11-9(15)5-8(14)6-10(11)16/h5-7H,2-4H2,1H3,(H,17,18)(H,19,20). The van der Waals surface area contributed by atoms with Crippen LogP contribution in [0.4, 0.5) is 8.78 Å². The molecule has 20 heavy (non-hydrogen) atoms. The molecule has 110 valence electrons. The van der Waals surface area contributed by atoms with E-state index in [0.717, 1.165) is 12.1 Å². The van der Waals surface area contributed by atoms with Gasteiger partial charge in [0.2, 0.25) is 0 Å². The number of carboxylic acids is 1. The van der Waals surface area contributed by atoms with Crippen LogP contribution in [-0.2, 0) is 4.79 Å². The van der Waals surface area contributed by atoms with Gasteiger partial charge in [0.05, 0.1) is 5.92 Å². The molecule has 2 N–H and O–H groups in total. The van der Waals surface area contributed by atoms with Crippen LogP contribution >= 0.6 is 15.9 Å². The SMILES string of the molecule is CC(CCCNC(=O)c1c(F)cc(Br)cc1F)C(=O)O. The van der Waals surface area contributed by atoms with Crippen molar-refractivity contribution in [3.63, 3.8) is 0 Å². The van der Waals surface area contributed by atoms with Gasteiger partial charge in [0.15, 0.2) is 0 Å². The number of hydrogen-bond donors (Lipinski definition) is 2. The predicted octanol–water partition coefficient (Wildman–Crippen LogP) is 2.96. The first-order valence-corrected chi connectivity index (χ1v) is 6.77. The van der Waals surface area contributed by atoms with Crippen molar-refractivity contribution in [2.45, 2.75) is 19.8 Å². The maximum atomic E-state index is 13.5. The molecule has 1 amide bonds. The molecular weight excluding hydrogens is 336 g/mol. The number of nitrogens with one attached hydrogen (secondary N) is 1. The third-order valence-corrected chi connectivity index (χ3v) is 3.21. The highest BCUT2D eigenvalue weighted by Gasteiger charge is 2.18. The Morgan fingerprint density at radius 1 is 1.35 bits per heavy atom. The molecule has 1 atom stereocenters. The summed E-state index contributed by atoms with van der Waals surface area (Å²) in [5.74, 6) is -4.19. The molecule has 0 aliphatic rings. The number of rotatable bonds is 6. The van der Waals surface area contributed by atoms with Gasteiger partial charge in [-0.1, -0.05) is 22.9 Å². The molecule has 0 aliphatic heterocycles. The van der Waals surface area contributed by atoms with Gasteiger partial charge in [-0.15, -0.1) is 0 Å². The van der Waals surface area contributed by atoms with E-state index in [0.29, 0.717) is 12.8 Å². The molecule has 0 aliphatic carbocycles. The zero-order chi connectivity index (χ0) is 15.3. The Morgan fingerprint density at radius 3 is 2.40 bits per heavy atom. The predicted molar refractivity (Wildman–Crippen MR) is 72.4 cm³/mol. The minimum atomic E-state index is -0.951. The fraction of sp³-hybridized carbons (Fsp3) is 0.385. The number of carbonyl (C=O) groups is 2. The number of halogens is 3. The van der Waals surface area contributed by atoms with Gasteiger partial charge in [0.1, 0.15) is 17.2 Å². The van der Waals surface area contributed by atoms with Gasteiger partial charge in [-0.25, -0.2) is 8.78 Å². The van der Waals surface area contributed by atoms with E-state index in [9.17, 15) is 18.4 Å². The van der Waals surface area contributed by atoms with E-state index in [-0.39, 0.29) is 11.0 Å². The molecular formula is C13H14BrF2NO3. The second kappa shape index (κ2) is 7.33. The van der Waals surface area contributed by atoms with E-state index >= 15 is 0 Å². The zero-order valence-corrected chi connectivity index (χ0v) is 12.3. The summed E-state index contributed by atoms with van der Waals surface area (Å²) < 4.78 is 27.2. The monoisotopic (exact) mass is 349 g/mol. The van der Waals surface area contributed by atoms with Crippen LogP contribution in [0.5, 0.6) is 0 Å². The number of carboxylic acid groups (broad SMARTS) is 1. The molecule has 0 aromatic heterocycles. The highest BCUT2D eigenvalue weighted by atomic mass is 79.9. The molecule has 0 fully saturated rings. The maximum absolute atomic E-state index is 13.5. The summed E-state index contributed by atoms with van der Waals surface area (Å²) in [6, 6.07) is 2.01. The first-order chi connectivity index (χ1) is 9.32. The van der Waals surface area contributed by atoms with Gasteiger partial charge >= 0.3 is 5.97 Å².